The first kappa shape index (κ1) is 34.2. The molecule has 0 bridgehead atoms. The van der Waals surface area contributed by atoms with E-state index in [9.17, 15) is 0 Å². The molecule has 1 spiro atoms. The molecule has 1 heteroatoms. The highest BCUT2D eigenvalue weighted by Crippen LogP contribution is 2.76. The Bertz CT molecular complexity index is 2270. The Morgan fingerprint density at radius 3 is 1.91 bits per heavy atom. The van der Waals surface area contributed by atoms with Gasteiger partial charge in [0.15, 0.2) is 0 Å². The van der Waals surface area contributed by atoms with Crippen LogP contribution in [0.25, 0.3) is 44.2 Å². The summed E-state index contributed by atoms with van der Waals surface area (Å²) in [5, 5.41) is 4.42. The first-order valence-corrected chi connectivity index (χ1v) is 21.8. The monoisotopic (exact) mass is 702 g/mol. The summed E-state index contributed by atoms with van der Waals surface area (Å²) in [6.45, 7) is 22.0. The normalized spacial score (nSPS) is 26.4. The quantitative estimate of drug-likeness (QED) is 0.182. The van der Waals surface area contributed by atoms with Crippen molar-refractivity contribution in [3.63, 3.8) is 0 Å². The predicted octanol–water partition coefficient (Wildman–Crippen LogP) is 14.9. The van der Waals surface area contributed by atoms with Crippen LogP contribution in [-0.2, 0) is 10.8 Å². The van der Waals surface area contributed by atoms with E-state index < -0.39 is 0 Å². The topological polar surface area (TPSA) is 13.1 Å². The molecule has 2 unspecified atom stereocenters. The number of aryl methyl sites for hydroxylation is 3. The summed E-state index contributed by atoms with van der Waals surface area (Å²) >= 11 is 0. The average molecular weight is 703 g/mol. The van der Waals surface area contributed by atoms with Gasteiger partial charge in [0.25, 0.3) is 0 Å². The molecule has 5 aromatic rings. The lowest BCUT2D eigenvalue weighted by molar-refractivity contribution is -0.130. The average Bonchev–Trinajstić information content (AvgIpc) is 3.72. The van der Waals surface area contributed by atoms with Crippen molar-refractivity contribution in [2.45, 2.75) is 143 Å². The summed E-state index contributed by atoms with van der Waals surface area (Å²) in [6, 6.07) is 19.9. The van der Waals surface area contributed by atoms with Crippen LogP contribution in [0.4, 0.5) is 0 Å². The van der Waals surface area contributed by atoms with E-state index in [0.717, 1.165) is 29.1 Å². The maximum absolute atomic E-state index is 6.95. The zero-order chi connectivity index (χ0) is 36.7. The Morgan fingerprint density at radius 1 is 0.642 bits per heavy atom. The minimum absolute atomic E-state index is 0.0531. The van der Waals surface area contributed by atoms with Crippen molar-refractivity contribution in [1.82, 2.24) is 0 Å². The molecule has 0 saturated heterocycles. The van der Waals surface area contributed by atoms with Crippen LogP contribution in [0.1, 0.15) is 156 Å². The number of benzene rings is 4. The molecule has 5 aliphatic rings. The van der Waals surface area contributed by atoms with E-state index in [-0.39, 0.29) is 10.8 Å². The lowest BCUT2D eigenvalue weighted by Crippen LogP contribution is -2.66. The molecule has 1 heterocycles. The van der Waals surface area contributed by atoms with Crippen molar-refractivity contribution in [3.8, 4) is 22.5 Å². The zero-order valence-electron chi connectivity index (χ0n) is 34.1. The van der Waals surface area contributed by atoms with Crippen LogP contribution in [0.2, 0.25) is 0 Å². The van der Waals surface area contributed by atoms with Crippen LogP contribution >= 0.6 is 0 Å². The smallest absolute Gasteiger partial charge is 0.139 e. The van der Waals surface area contributed by atoms with Crippen molar-refractivity contribution in [2.24, 2.45) is 35.5 Å². The predicted molar refractivity (Wildman–Crippen MR) is 224 cm³/mol. The number of rotatable bonds is 4. The molecule has 0 N–H and O–H groups in total. The summed E-state index contributed by atoms with van der Waals surface area (Å²) in [5.41, 5.74) is 17.5. The third-order valence-electron chi connectivity index (χ3n) is 15.9. The fourth-order valence-corrected chi connectivity index (χ4v) is 14.3. The second-order valence-corrected chi connectivity index (χ2v) is 19.9. The van der Waals surface area contributed by atoms with Crippen molar-refractivity contribution in [2.75, 3.05) is 0 Å². The van der Waals surface area contributed by atoms with E-state index in [4.69, 9.17) is 4.42 Å². The Labute approximate surface area is 319 Å². The molecule has 5 aliphatic carbocycles. The van der Waals surface area contributed by atoms with Crippen molar-refractivity contribution in [1.29, 1.82) is 0 Å². The van der Waals surface area contributed by atoms with Crippen LogP contribution < -0.4 is 0 Å². The van der Waals surface area contributed by atoms with E-state index >= 15 is 0 Å². The zero-order valence-corrected chi connectivity index (χ0v) is 34.1. The molecule has 10 rings (SSSR count). The number of hydrogen-bond donors (Lipinski definition) is 0. The van der Waals surface area contributed by atoms with E-state index in [2.05, 4.69) is 111 Å². The van der Waals surface area contributed by atoms with Gasteiger partial charge < -0.3 is 4.42 Å². The second-order valence-electron chi connectivity index (χ2n) is 19.9. The van der Waals surface area contributed by atoms with E-state index in [1.165, 1.54) is 108 Å². The van der Waals surface area contributed by atoms with Gasteiger partial charge in [-0.25, -0.2) is 0 Å². The molecular formula is C52H62O. The Morgan fingerprint density at radius 2 is 1.28 bits per heavy atom. The van der Waals surface area contributed by atoms with Gasteiger partial charge in [-0.05, 0) is 130 Å². The van der Waals surface area contributed by atoms with Gasteiger partial charge in [-0.2, -0.15) is 0 Å². The van der Waals surface area contributed by atoms with Crippen molar-refractivity contribution in [3.05, 3.63) is 93.0 Å². The van der Waals surface area contributed by atoms with Crippen molar-refractivity contribution < 1.29 is 4.42 Å². The molecule has 276 valence electrons. The molecule has 0 amide bonds. The van der Waals surface area contributed by atoms with Crippen molar-refractivity contribution >= 4 is 21.7 Å². The maximum atomic E-state index is 6.95. The van der Waals surface area contributed by atoms with Gasteiger partial charge in [-0.3, -0.25) is 0 Å². The summed E-state index contributed by atoms with van der Waals surface area (Å²) in [7, 11) is 0. The van der Waals surface area contributed by atoms with Crippen LogP contribution in [0.3, 0.4) is 0 Å². The lowest BCUT2D eigenvalue weighted by Gasteiger charge is -2.68. The van der Waals surface area contributed by atoms with Crippen LogP contribution in [0.5, 0.6) is 0 Å². The molecule has 0 aliphatic heterocycles. The SMILES string of the molecule is Cc1cc(C)c2c(C)cc3c(c2c1)C1(c2ccc4c(c2-3)C(C)(C)c2c-4oc3ccc(C(C)C)cc23)C(C2CCCCC2)C(C(C)C)C1C1CCCCC1. The highest BCUT2D eigenvalue weighted by atomic mass is 16.3. The van der Waals surface area contributed by atoms with Gasteiger partial charge in [-0.15, -0.1) is 0 Å². The van der Waals surface area contributed by atoms with E-state index in [1.807, 2.05) is 0 Å². The maximum Gasteiger partial charge on any atom is 0.139 e. The molecule has 53 heavy (non-hydrogen) atoms. The fraction of sp³-hybridized carbons (Fsp3) is 0.538. The van der Waals surface area contributed by atoms with Gasteiger partial charge in [0.1, 0.15) is 11.3 Å². The lowest BCUT2D eigenvalue weighted by atomic mass is 9.35. The second kappa shape index (κ2) is 11.8. The molecule has 1 nitrogen and oxygen atoms in total. The van der Waals surface area contributed by atoms with Gasteiger partial charge >= 0.3 is 0 Å². The summed E-state index contributed by atoms with van der Waals surface area (Å²) in [6.07, 6.45) is 14.1. The molecule has 4 aromatic carbocycles. The highest BCUT2D eigenvalue weighted by molar-refractivity contribution is 6.05. The number of fused-ring (bicyclic) bond motifs is 13. The van der Waals surface area contributed by atoms with Gasteiger partial charge in [0, 0.05) is 27.3 Å². The Kier molecular flexibility index (Phi) is 7.64. The van der Waals surface area contributed by atoms with Gasteiger partial charge in [-0.1, -0.05) is 148 Å². The fourth-order valence-electron chi connectivity index (χ4n) is 14.3. The molecule has 3 fully saturated rings. The van der Waals surface area contributed by atoms with Crippen LogP contribution in [0.15, 0.2) is 52.9 Å². The minimum atomic E-state index is -0.174. The van der Waals surface area contributed by atoms with Crippen LogP contribution in [-0.4, -0.2) is 0 Å². The molecule has 1 aromatic heterocycles. The number of furan rings is 1. The molecule has 2 atom stereocenters. The van der Waals surface area contributed by atoms with Gasteiger partial charge in [0.2, 0.25) is 0 Å². The highest BCUT2D eigenvalue weighted by Gasteiger charge is 2.70. The Balaban J connectivity index is 1.33. The third-order valence-corrected chi connectivity index (χ3v) is 15.9. The summed E-state index contributed by atoms with van der Waals surface area (Å²) in [5.74, 6) is 6.05. The van der Waals surface area contributed by atoms with E-state index in [0.29, 0.717) is 23.7 Å². The standard InChI is InChI=1S/C52H62O/c1-28(2)35-20-23-41-37(27-35)49-50(53-41)36-21-22-40-44(48(36)51(49,8)9)39-26-32(7)43-31(6)24-30(5)25-38(43)47(39)52(40)45(33-16-12-10-13-17-33)42(29(3)4)46(52)34-18-14-11-15-19-34/h20-29,33-34,42,45-46H,10-19H2,1-9H3. The molecular weight excluding hydrogens is 641 g/mol. The van der Waals surface area contributed by atoms with E-state index in [1.54, 1.807) is 33.2 Å². The largest absolute Gasteiger partial charge is 0.456 e. The first-order valence-electron chi connectivity index (χ1n) is 21.8. The minimum Gasteiger partial charge on any atom is -0.456 e. The third kappa shape index (κ3) is 4.43. The van der Waals surface area contributed by atoms with Gasteiger partial charge in [0.05, 0.1) is 0 Å². The summed E-state index contributed by atoms with van der Waals surface area (Å²) in [4.78, 5) is 0. The first-order chi connectivity index (χ1) is 25.5. The molecule has 0 radical (unpaired) electrons. The number of hydrogen-bond acceptors (Lipinski definition) is 1. The summed E-state index contributed by atoms with van der Waals surface area (Å²) < 4.78 is 6.95. The van der Waals surface area contributed by atoms with Crippen LogP contribution in [0, 0.1) is 56.3 Å². The molecule has 3 saturated carbocycles. The Hall–Kier alpha value is -3.32.